The predicted octanol–water partition coefficient (Wildman–Crippen LogP) is 3.15. The summed E-state index contributed by atoms with van der Waals surface area (Å²) in [4.78, 5) is 12.0. The summed E-state index contributed by atoms with van der Waals surface area (Å²) in [5.41, 5.74) is 0.586. The summed E-state index contributed by atoms with van der Waals surface area (Å²) >= 11 is 3.12. The Balaban J connectivity index is 2.54. The molecule has 0 aliphatic rings. The van der Waals surface area contributed by atoms with Gasteiger partial charge < -0.3 is 10.1 Å². The Hall–Kier alpha value is -1.07. The molecule has 18 heavy (non-hydrogen) atoms. The highest BCUT2D eigenvalue weighted by Crippen LogP contribution is 2.31. The van der Waals surface area contributed by atoms with Crippen LogP contribution in [0.4, 0.5) is 0 Å². The number of esters is 1. The van der Waals surface area contributed by atoms with E-state index in [1.54, 1.807) is 36.7 Å². The Labute approximate surface area is 114 Å². The van der Waals surface area contributed by atoms with Crippen LogP contribution in [0, 0.1) is 0 Å². The normalized spacial score (nSPS) is 11.7. The van der Waals surface area contributed by atoms with E-state index in [2.05, 4.69) is 5.87 Å². The first-order chi connectivity index (χ1) is 8.56. The lowest BCUT2D eigenvalue weighted by Gasteiger charge is -2.14. The van der Waals surface area contributed by atoms with Crippen molar-refractivity contribution >= 4 is 34.5 Å². The largest absolute Gasteiger partial charge is 0.763 e. The lowest BCUT2D eigenvalue weighted by atomic mass is 10.1. The summed E-state index contributed by atoms with van der Waals surface area (Å²) in [6.45, 7) is 3.06. The van der Waals surface area contributed by atoms with Crippen LogP contribution in [0.5, 0.6) is 4.38 Å². The van der Waals surface area contributed by atoms with E-state index in [1.165, 1.54) is 11.8 Å². The van der Waals surface area contributed by atoms with E-state index in [4.69, 9.17) is 14.9 Å². The minimum Gasteiger partial charge on any atom is -0.763 e. The molecule has 0 bridgehead atoms. The Morgan fingerprint density at radius 3 is 2.89 bits per heavy atom. The van der Waals surface area contributed by atoms with Gasteiger partial charge >= 0.3 is 10.3 Å². The molecule has 4 nitrogen and oxygen atoms in total. The zero-order chi connectivity index (χ0) is 13.5. The van der Waals surface area contributed by atoms with Crippen LogP contribution in [0.25, 0.3) is 5.41 Å². The Kier molecular flexibility index (Phi) is 6.15. The molecule has 0 N–H and O–H groups in total. The molecule has 1 aromatic rings. The molecule has 1 aromatic heterocycles. The summed E-state index contributed by atoms with van der Waals surface area (Å²) < 4.78 is 11.0. The molecular weight excluding hydrogens is 270 g/mol. The van der Waals surface area contributed by atoms with Crippen LogP contribution in [-0.2, 0) is 16.0 Å². The molecule has 0 amide bonds. The Bertz CT molecular complexity index is 464. The molecule has 0 saturated heterocycles. The first kappa shape index (κ1) is 15.0. The zero-order valence-corrected chi connectivity index (χ0v) is 12.2. The smallest absolute Gasteiger partial charge is 0.392 e. The van der Waals surface area contributed by atoms with Crippen molar-refractivity contribution in [2.24, 2.45) is 0 Å². The van der Waals surface area contributed by atoms with Crippen LogP contribution in [0.3, 0.4) is 0 Å². The summed E-state index contributed by atoms with van der Waals surface area (Å²) in [7, 11) is 1.64. The minimum atomic E-state index is -0.446. The van der Waals surface area contributed by atoms with Crippen LogP contribution < -0.4 is 4.74 Å². The van der Waals surface area contributed by atoms with Gasteiger partial charge in [-0.1, -0.05) is 0 Å². The molecule has 98 valence electrons. The van der Waals surface area contributed by atoms with E-state index in [0.29, 0.717) is 12.0 Å². The number of carbonyl (C=O) groups is 1. The van der Waals surface area contributed by atoms with E-state index < -0.39 is 6.10 Å². The van der Waals surface area contributed by atoms with E-state index >= 15 is 0 Å². The lowest BCUT2D eigenvalue weighted by molar-refractivity contribution is -0.143. The fraction of sp³-hybridized carbons (Fsp3) is 0.500. The maximum atomic E-state index is 10.8. The van der Waals surface area contributed by atoms with Gasteiger partial charge in [0.05, 0.1) is 0 Å². The van der Waals surface area contributed by atoms with Gasteiger partial charge in [-0.25, -0.2) is 0 Å². The van der Waals surface area contributed by atoms with Gasteiger partial charge in [0.15, 0.2) is 0 Å². The van der Waals surface area contributed by atoms with Crippen molar-refractivity contribution in [3.05, 3.63) is 21.2 Å². The summed E-state index contributed by atoms with van der Waals surface area (Å²) in [5, 5.41) is 11.1. The van der Waals surface area contributed by atoms with Crippen molar-refractivity contribution in [2.75, 3.05) is 7.11 Å². The number of hydrogen-bond acceptors (Lipinski definition) is 4. The molecule has 1 atom stereocenters. The monoisotopic (exact) mass is 285 g/mol. The van der Waals surface area contributed by atoms with E-state index in [9.17, 15) is 4.79 Å². The number of aryl methyl sites for hydroxylation is 1. The molecule has 0 aromatic carbocycles. The van der Waals surface area contributed by atoms with Crippen molar-refractivity contribution < 1.29 is 14.3 Å². The Morgan fingerprint density at radius 1 is 1.67 bits per heavy atom. The SMILES string of the molecule is COc1sc(CCC(=C=[N-])C(C)OC(C)=O)c[s+]1. The second-order valence-corrected chi connectivity index (χ2v) is 5.85. The number of carbonyl (C=O) groups excluding carboxylic acids is 1. The standard InChI is InChI=1S/C12H15NO3S2/c1-8(16-9(2)14)10(6-13)4-5-11-7-17-12(15-3)18-11/h7-8H,4-5H2,1-3H3. The first-order valence-electron chi connectivity index (χ1n) is 5.44. The second kappa shape index (κ2) is 7.38. The van der Waals surface area contributed by atoms with Crippen molar-refractivity contribution in [1.82, 2.24) is 0 Å². The van der Waals surface area contributed by atoms with Gasteiger partial charge in [-0.3, -0.25) is 15.4 Å². The second-order valence-electron chi connectivity index (χ2n) is 3.65. The highest BCUT2D eigenvalue weighted by molar-refractivity contribution is 7.32. The fourth-order valence-electron chi connectivity index (χ4n) is 1.40. The number of ether oxygens (including phenoxy) is 2. The molecular formula is C12H15NO3S2. The van der Waals surface area contributed by atoms with Gasteiger partial charge in [0.2, 0.25) is 0 Å². The number of rotatable bonds is 6. The van der Waals surface area contributed by atoms with E-state index in [1.807, 2.05) is 5.38 Å². The van der Waals surface area contributed by atoms with Gasteiger partial charge in [0, 0.05) is 20.5 Å². The van der Waals surface area contributed by atoms with E-state index in [-0.39, 0.29) is 5.97 Å². The maximum Gasteiger partial charge on any atom is 0.392 e. The average molecular weight is 285 g/mol. The molecule has 0 aliphatic carbocycles. The van der Waals surface area contributed by atoms with Gasteiger partial charge in [-0.05, 0) is 18.9 Å². The first-order valence-corrected chi connectivity index (χ1v) is 7.14. The van der Waals surface area contributed by atoms with Crippen LogP contribution in [0.15, 0.2) is 11.0 Å². The maximum absolute atomic E-state index is 10.8. The van der Waals surface area contributed by atoms with Crippen molar-refractivity contribution in [3.8, 4) is 4.38 Å². The third kappa shape index (κ3) is 4.66. The van der Waals surface area contributed by atoms with Crippen LogP contribution >= 0.6 is 22.7 Å². The molecule has 0 radical (unpaired) electrons. The van der Waals surface area contributed by atoms with Crippen LogP contribution in [0.1, 0.15) is 25.1 Å². The average Bonchev–Trinajstić information content (AvgIpc) is 2.77. The molecule has 1 unspecified atom stereocenters. The van der Waals surface area contributed by atoms with Crippen molar-refractivity contribution in [3.63, 3.8) is 0 Å². The van der Waals surface area contributed by atoms with Gasteiger partial charge in [-0.15, -0.1) is 0 Å². The lowest BCUT2D eigenvalue weighted by Crippen LogP contribution is -2.15. The third-order valence-electron chi connectivity index (χ3n) is 2.29. The summed E-state index contributed by atoms with van der Waals surface area (Å²) in [6.07, 6.45) is 0.915. The predicted molar refractivity (Wildman–Crippen MR) is 74.6 cm³/mol. The molecule has 6 heteroatoms. The van der Waals surface area contributed by atoms with Crippen molar-refractivity contribution in [2.45, 2.75) is 32.8 Å². The highest BCUT2D eigenvalue weighted by Gasteiger charge is 2.16. The van der Waals surface area contributed by atoms with Gasteiger partial charge in [0.1, 0.15) is 39.0 Å². The molecule has 1 rings (SSSR count). The van der Waals surface area contributed by atoms with Crippen molar-refractivity contribution in [1.29, 1.82) is 0 Å². The van der Waals surface area contributed by atoms with Gasteiger partial charge in [0.25, 0.3) is 0 Å². The Morgan fingerprint density at radius 2 is 2.39 bits per heavy atom. The van der Waals surface area contributed by atoms with E-state index in [0.717, 1.165) is 10.8 Å². The fourth-order valence-corrected chi connectivity index (χ4v) is 3.33. The topological polar surface area (TPSA) is 57.8 Å². The molecule has 0 fully saturated rings. The third-order valence-corrected chi connectivity index (χ3v) is 4.65. The quantitative estimate of drug-likeness (QED) is 0.458. The molecule has 0 aliphatic heterocycles. The zero-order valence-electron chi connectivity index (χ0n) is 10.6. The summed E-state index contributed by atoms with van der Waals surface area (Å²) in [6, 6.07) is 0. The molecule has 1 heterocycles. The number of methoxy groups -OCH3 is 1. The van der Waals surface area contributed by atoms with Gasteiger partial charge in [-0.2, -0.15) is 0 Å². The number of nitrogens with zero attached hydrogens (tertiary/aromatic N) is 1. The highest BCUT2D eigenvalue weighted by atomic mass is 32.2. The summed E-state index contributed by atoms with van der Waals surface area (Å²) in [5.74, 6) is 1.75. The molecule has 0 spiro atoms. The number of hydrogen-bond donors (Lipinski definition) is 0. The van der Waals surface area contributed by atoms with Crippen LogP contribution in [0.2, 0.25) is 0 Å². The van der Waals surface area contributed by atoms with Crippen LogP contribution in [-0.4, -0.2) is 25.1 Å². The minimum absolute atomic E-state index is 0.365. The molecule has 0 saturated carbocycles.